The fourth-order valence-electron chi connectivity index (χ4n) is 3.96. The molecule has 2 fully saturated rings. The quantitative estimate of drug-likeness (QED) is 0.563. The average molecular weight is 253 g/mol. The summed E-state index contributed by atoms with van der Waals surface area (Å²) in [5.74, 6) is 1.89. The zero-order valence-electron chi connectivity index (χ0n) is 11.7. The summed E-state index contributed by atoms with van der Waals surface area (Å²) in [6, 6.07) is 0.859. The third-order valence-corrected chi connectivity index (χ3v) is 5.01. The predicted octanol–water partition coefficient (Wildman–Crippen LogP) is 2.14. The van der Waals surface area contributed by atoms with E-state index in [9.17, 15) is 0 Å². The van der Waals surface area contributed by atoms with Gasteiger partial charge in [0.15, 0.2) is 0 Å². The van der Waals surface area contributed by atoms with Crippen LogP contribution in [0, 0.1) is 11.8 Å². The molecule has 3 unspecified atom stereocenters. The lowest BCUT2D eigenvalue weighted by Crippen LogP contribution is -2.38. The van der Waals surface area contributed by atoms with Crippen LogP contribution in [0.5, 0.6) is 0 Å². The van der Waals surface area contributed by atoms with E-state index in [-0.39, 0.29) is 0 Å². The van der Waals surface area contributed by atoms with E-state index < -0.39 is 7.12 Å². The molecule has 18 heavy (non-hydrogen) atoms. The fraction of sp³-hybridized carbons (Fsp3) is 1.00. The highest BCUT2D eigenvalue weighted by atomic mass is 16.4. The third kappa shape index (κ3) is 3.72. The number of fused-ring (bicyclic) bond motifs is 1. The van der Waals surface area contributed by atoms with Crippen LogP contribution in [-0.2, 0) is 0 Å². The van der Waals surface area contributed by atoms with Gasteiger partial charge in [-0.15, -0.1) is 0 Å². The Morgan fingerprint density at radius 3 is 2.72 bits per heavy atom. The first-order valence-corrected chi connectivity index (χ1v) is 7.78. The first-order chi connectivity index (χ1) is 8.68. The summed E-state index contributed by atoms with van der Waals surface area (Å²) in [7, 11) is -1.11. The van der Waals surface area contributed by atoms with E-state index in [4.69, 9.17) is 10.0 Å². The van der Waals surface area contributed by atoms with Crippen molar-refractivity contribution >= 4 is 7.12 Å². The first-order valence-electron chi connectivity index (χ1n) is 7.78. The third-order valence-electron chi connectivity index (χ3n) is 5.01. The minimum absolute atomic E-state index is 0.531. The van der Waals surface area contributed by atoms with Gasteiger partial charge >= 0.3 is 7.12 Å². The topological polar surface area (TPSA) is 43.7 Å². The van der Waals surface area contributed by atoms with Gasteiger partial charge in [-0.25, -0.2) is 0 Å². The lowest BCUT2D eigenvalue weighted by atomic mass is 9.77. The van der Waals surface area contributed by atoms with Crippen molar-refractivity contribution in [3.05, 3.63) is 0 Å². The van der Waals surface area contributed by atoms with Gasteiger partial charge in [0.1, 0.15) is 0 Å². The van der Waals surface area contributed by atoms with E-state index in [0.717, 1.165) is 30.7 Å². The van der Waals surface area contributed by atoms with Gasteiger partial charge in [-0.1, -0.05) is 32.6 Å². The summed E-state index contributed by atoms with van der Waals surface area (Å²) >= 11 is 0. The summed E-state index contributed by atoms with van der Waals surface area (Å²) in [6.45, 7) is 4.95. The van der Waals surface area contributed by atoms with Gasteiger partial charge in [0.2, 0.25) is 0 Å². The Morgan fingerprint density at radius 1 is 1.11 bits per heavy atom. The van der Waals surface area contributed by atoms with Crippen LogP contribution < -0.4 is 0 Å². The molecule has 104 valence electrons. The molecular weight excluding hydrogens is 225 g/mol. The van der Waals surface area contributed by atoms with Crippen molar-refractivity contribution in [1.29, 1.82) is 0 Å². The highest BCUT2D eigenvalue weighted by molar-refractivity contribution is 6.40. The second kappa shape index (κ2) is 6.92. The Morgan fingerprint density at radius 2 is 1.94 bits per heavy atom. The van der Waals surface area contributed by atoms with Crippen LogP contribution in [0.2, 0.25) is 6.32 Å². The van der Waals surface area contributed by atoms with Crippen molar-refractivity contribution in [1.82, 2.24) is 4.90 Å². The van der Waals surface area contributed by atoms with Crippen LogP contribution in [0.1, 0.15) is 51.9 Å². The zero-order valence-corrected chi connectivity index (χ0v) is 11.7. The second-order valence-electron chi connectivity index (χ2n) is 6.29. The molecule has 4 heteroatoms. The highest BCUT2D eigenvalue weighted by Crippen LogP contribution is 2.39. The fourth-order valence-corrected chi connectivity index (χ4v) is 3.96. The Labute approximate surface area is 112 Å². The molecule has 0 aromatic heterocycles. The lowest BCUT2D eigenvalue weighted by Gasteiger charge is -2.35. The van der Waals surface area contributed by atoms with Crippen molar-refractivity contribution < 1.29 is 10.0 Å². The molecule has 0 bridgehead atoms. The zero-order chi connectivity index (χ0) is 13.0. The summed E-state index contributed by atoms with van der Waals surface area (Å²) in [5, 5.41) is 17.6. The SMILES string of the molecule is CC1CCCC2C1CCN2CCCCCB(O)O. The normalized spacial score (nSPS) is 32.5. The van der Waals surface area contributed by atoms with E-state index in [1.165, 1.54) is 45.2 Å². The smallest absolute Gasteiger partial charge is 0.427 e. The van der Waals surface area contributed by atoms with Crippen molar-refractivity contribution in [2.45, 2.75) is 64.2 Å². The first kappa shape index (κ1) is 14.4. The molecule has 0 aromatic rings. The molecule has 1 aliphatic carbocycles. The van der Waals surface area contributed by atoms with E-state index >= 15 is 0 Å². The molecule has 0 amide bonds. The molecule has 1 heterocycles. The molecule has 2 aliphatic rings. The van der Waals surface area contributed by atoms with Gasteiger partial charge in [0.05, 0.1) is 0 Å². The standard InChI is InChI=1S/C14H28BNO2/c1-12-6-5-7-14-13(12)8-11-16(14)10-4-2-3-9-15(17)18/h12-14,17-18H,2-11H2,1H3. The number of hydrogen-bond donors (Lipinski definition) is 2. The van der Waals surface area contributed by atoms with Crippen molar-refractivity contribution in [2.24, 2.45) is 11.8 Å². The Hall–Kier alpha value is -0.0551. The molecule has 1 aliphatic heterocycles. The van der Waals surface area contributed by atoms with Gasteiger partial charge in [-0.2, -0.15) is 0 Å². The van der Waals surface area contributed by atoms with Crippen LogP contribution >= 0.6 is 0 Å². The average Bonchev–Trinajstić information content (AvgIpc) is 2.73. The number of likely N-dealkylation sites (tertiary alicyclic amines) is 1. The van der Waals surface area contributed by atoms with Crippen molar-refractivity contribution in [3.8, 4) is 0 Å². The molecule has 2 N–H and O–H groups in total. The second-order valence-corrected chi connectivity index (χ2v) is 6.29. The summed E-state index contributed by atoms with van der Waals surface area (Å²) in [6.07, 6.45) is 9.47. The van der Waals surface area contributed by atoms with Gasteiger partial charge < -0.3 is 14.9 Å². The summed E-state index contributed by atoms with van der Waals surface area (Å²) in [4.78, 5) is 2.70. The van der Waals surface area contributed by atoms with E-state index in [1.807, 2.05) is 0 Å². The number of rotatable bonds is 6. The largest absolute Gasteiger partial charge is 0.451 e. The Bertz CT molecular complexity index is 250. The minimum atomic E-state index is -1.11. The highest BCUT2D eigenvalue weighted by Gasteiger charge is 2.38. The number of hydrogen-bond acceptors (Lipinski definition) is 3. The van der Waals surface area contributed by atoms with Crippen LogP contribution in [0.15, 0.2) is 0 Å². The van der Waals surface area contributed by atoms with Crippen molar-refractivity contribution in [2.75, 3.05) is 13.1 Å². The van der Waals surface area contributed by atoms with E-state index in [0.29, 0.717) is 6.32 Å². The summed E-state index contributed by atoms with van der Waals surface area (Å²) < 4.78 is 0. The van der Waals surface area contributed by atoms with Gasteiger partial charge in [0, 0.05) is 6.04 Å². The van der Waals surface area contributed by atoms with Crippen LogP contribution in [-0.4, -0.2) is 41.2 Å². The molecule has 0 radical (unpaired) electrons. The predicted molar refractivity (Wildman–Crippen MR) is 75.3 cm³/mol. The van der Waals surface area contributed by atoms with Crippen LogP contribution in [0.3, 0.4) is 0 Å². The Balaban J connectivity index is 1.65. The molecule has 2 rings (SSSR count). The van der Waals surface area contributed by atoms with Crippen LogP contribution in [0.25, 0.3) is 0 Å². The maximum Gasteiger partial charge on any atom is 0.451 e. The van der Waals surface area contributed by atoms with Gasteiger partial charge in [-0.05, 0) is 50.5 Å². The van der Waals surface area contributed by atoms with E-state index in [2.05, 4.69) is 11.8 Å². The molecule has 0 aromatic carbocycles. The number of nitrogens with zero attached hydrogens (tertiary/aromatic N) is 1. The monoisotopic (exact) mass is 253 g/mol. The maximum atomic E-state index is 8.79. The van der Waals surface area contributed by atoms with E-state index in [1.54, 1.807) is 0 Å². The van der Waals surface area contributed by atoms with Crippen LogP contribution in [0.4, 0.5) is 0 Å². The molecule has 3 nitrogen and oxygen atoms in total. The molecule has 1 saturated carbocycles. The molecular formula is C14H28BNO2. The Kier molecular flexibility index (Phi) is 5.52. The lowest BCUT2D eigenvalue weighted by molar-refractivity contribution is 0.144. The number of unbranched alkanes of at least 4 members (excludes halogenated alkanes) is 2. The van der Waals surface area contributed by atoms with Gasteiger partial charge in [0.25, 0.3) is 0 Å². The van der Waals surface area contributed by atoms with Crippen molar-refractivity contribution in [3.63, 3.8) is 0 Å². The summed E-state index contributed by atoms with van der Waals surface area (Å²) in [5.41, 5.74) is 0. The van der Waals surface area contributed by atoms with Gasteiger partial charge in [-0.3, -0.25) is 0 Å². The maximum absolute atomic E-state index is 8.79. The minimum Gasteiger partial charge on any atom is -0.427 e. The molecule has 0 spiro atoms. The molecule has 1 saturated heterocycles. The molecule has 3 atom stereocenters.